The minimum absolute atomic E-state index is 0.163. The summed E-state index contributed by atoms with van der Waals surface area (Å²) in [4.78, 5) is 35.3. The number of ether oxygens (including phenoxy) is 1. The van der Waals surface area contributed by atoms with E-state index in [4.69, 9.17) is 16.3 Å². The average Bonchev–Trinajstić information content (AvgIpc) is 2.38. The minimum Gasteiger partial charge on any atom is -0.465 e. The molecule has 0 spiro atoms. The number of benzene rings is 1. The number of carbonyl (C=O) groups excluding carboxylic acids is 3. The van der Waals surface area contributed by atoms with Gasteiger partial charge >= 0.3 is 5.97 Å². The summed E-state index contributed by atoms with van der Waals surface area (Å²) in [5.41, 5.74) is 0.614. The molecule has 0 heterocycles. The second-order valence-corrected chi connectivity index (χ2v) is 5.01. The van der Waals surface area contributed by atoms with Gasteiger partial charge in [-0.05, 0) is 31.5 Å². The SMILES string of the molecule is CCOC(=O)[C@H](C(C)=O)[C@@H](NC(C)=O)c1ccc(Cl)cc1. The van der Waals surface area contributed by atoms with Crippen LogP contribution in [-0.4, -0.2) is 24.3 Å². The first-order chi connectivity index (χ1) is 9.86. The number of carbonyl (C=O) groups is 3. The summed E-state index contributed by atoms with van der Waals surface area (Å²) in [6.45, 7) is 4.44. The molecule has 0 bridgehead atoms. The molecular formula is C15H18ClNO4. The summed E-state index contributed by atoms with van der Waals surface area (Å²) in [5.74, 6) is -2.46. The fraction of sp³-hybridized carbons (Fsp3) is 0.400. The second kappa shape index (κ2) is 7.78. The third-order valence-corrected chi connectivity index (χ3v) is 3.15. The van der Waals surface area contributed by atoms with Crippen molar-refractivity contribution in [1.82, 2.24) is 5.32 Å². The number of Topliss-reactive ketones (excluding diaryl/α,β-unsaturated/α-hetero) is 1. The van der Waals surface area contributed by atoms with E-state index in [-0.39, 0.29) is 18.3 Å². The van der Waals surface area contributed by atoms with Gasteiger partial charge in [0.25, 0.3) is 0 Å². The maximum Gasteiger partial charge on any atom is 0.318 e. The van der Waals surface area contributed by atoms with Crippen LogP contribution < -0.4 is 5.32 Å². The second-order valence-electron chi connectivity index (χ2n) is 4.57. The molecule has 1 amide bonds. The smallest absolute Gasteiger partial charge is 0.318 e. The molecule has 5 nitrogen and oxygen atoms in total. The van der Waals surface area contributed by atoms with Gasteiger partial charge in [0.05, 0.1) is 12.6 Å². The summed E-state index contributed by atoms with van der Waals surface area (Å²) in [5, 5.41) is 3.16. The zero-order valence-electron chi connectivity index (χ0n) is 12.2. The topological polar surface area (TPSA) is 72.5 Å². The van der Waals surface area contributed by atoms with Gasteiger partial charge in [-0.2, -0.15) is 0 Å². The largest absolute Gasteiger partial charge is 0.465 e. The third kappa shape index (κ3) is 4.86. The van der Waals surface area contributed by atoms with Crippen molar-refractivity contribution in [1.29, 1.82) is 0 Å². The molecule has 0 fully saturated rings. The molecule has 21 heavy (non-hydrogen) atoms. The maximum absolute atomic E-state index is 12.0. The molecule has 1 aromatic rings. The molecule has 1 rings (SSSR count). The Bertz CT molecular complexity index is 527. The van der Waals surface area contributed by atoms with Crippen molar-refractivity contribution in [2.24, 2.45) is 5.92 Å². The van der Waals surface area contributed by atoms with Gasteiger partial charge < -0.3 is 10.1 Å². The molecule has 0 radical (unpaired) electrons. The van der Waals surface area contributed by atoms with Gasteiger partial charge in [-0.1, -0.05) is 23.7 Å². The highest BCUT2D eigenvalue weighted by Crippen LogP contribution is 2.26. The van der Waals surface area contributed by atoms with Crippen LogP contribution in [0.25, 0.3) is 0 Å². The molecule has 0 aliphatic rings. The molecule has 114 valence electrons. The van der Waals surface area contributed by atoms with Gasteiger partial charge in [0.1, 0.15) is 11.7 Å². The molecule has 0 aliphatic carbocycles. The van der Waals surface area contributed by atoms with Crippen LogP contribution >= 0.6 is 11.6 Å². The van der Waals surface area contributed by atoms with Gasteiger partial charge in [0, 0.05) is 11.9 Å². The van der Waals surface area contributed by atoms with Crippen LogP contribution in [0.15, 0.2) is 24.3 Å². The van der Waals surface area contributed by atoms with Crippen molar-refractivity contribution in [3.63, 3.8) is 0 Å². The van der Waals surface area contributed by atoms with Gasteiger partial charge in [0.15, 0.2) is 0 Å². The Morgan fingerprint density at radius 2 is 1.76 bits per heavy atom. The van der Waals surface area contributed by atoms with E-state index in [1.54, 1.807) is 31.2 Å². The molecular weight excluding hydrogens is 294 g/mol. The molecule has 0 unspecified atom stereocenters. The molecule has 2 atom stereocenters. The van der Waals surface area contributed by atoms with Gasteiger partial charge in [-0.15, -0.1) is 0 Å². The predicted molar refractivity (Wildman–Crippen MR) is 78.8 cm³/mol. The van der Waals surface area contributed by atoms with Gasteiger partial charge in [-0.3, -0.25) is 14.4 Å². The zero-order chi connectivity index (χ0) is 16.0. The van der Waals surface area contributed by atoms with E-state index >= 15 is 0 Å². The fourth-order valence-corrected chi connectivity index (χ4v) is 2.14. The lowest BCUT2D eigenvalue weighted by atomic mass is 9.90. The van der Waals surface area contributed by atoms with E-state index in [0.29, 0.717) is 10.6 Å². The number of nitrogens with one attached hydrogen (secondary N) is 1. The van der Waals surface area contributed by atoms with E-state index < -0.39 is 17.9 Å². The number of rotatable bonds is 6. The molecule has 0 saturated carbocycles. The number of ketones is 1. The highest BCUT2D eigenvalue weighted by atomic mass is 35.5. The highest BCUT2D eigenvalue weighted by Gasteiger charge is 2.35. The monoisotopic (exact) mass is 311 g/mol. The summed E-state index contributed by atoms with van der Waals surface area (Å²) in [7, 11) is 0. The van der Waals surface area contributed by atoms with Crippen molar-refractivity contribution in [3.8, 4) is 0 Å². The van der Waals surface area contributed by atoms with E-state index in [9.17, 15) is 14.4 Å². The van der Waals surface area contributed by atoms with Crippen molar-refractivity contribution in [3.05, 3.63) is 34.9 Å². The van der Waals surface area contributed by atoms with E-state index in [1.165, 1.54) is 13.8 Å². The Kier molecular flexibility index (Phi) is 6.37. The molecule has 1 aromatic carbocycles. The van der Waals surface area contributed by atoms with Crippen molar-refractivity contribution in [2.45, 2.75) is 26.8 Å². The van der Waals surface area contributed by atoms with Crippen LogP contribution in [-0.2, 0) is 19.1 Å². The van der Waals surface area contributed by atoms with Crippen LogP contribution in [0.4, 0.5) is 0 Å². The van der Waals surface area contributed by atoms with Gasteiger partial charge in [0.2, 0.25) is 5.91 Å². The van der Waals surface area contributed by atoms with Gasteiger partial charge in [-0.25, -0.2) is 0 Å². The minimum atomic E-state index is -1.09. The first kappa shape index (κ1) is 17.2. The first-order valence-corrected chi connectivity index (χ1v) is 6.94. The Morgan fingerprint density at radius 1 is 1.19 bits per heavy atom. The molecule has 0 aliphatic heterocycles. The Balaban J connectivity index is 3.19. The van der Waals surface area contributed by atoms with E-state index in [0.717, 1.165) is 0 Å². The summed E-state index contributed by atoms with van der Waals surface area (Å²) in [6, 6.07) is 5.81. The third-order valence-electron chi connectivity index (χ3n) is 2.90. The molecule has 1 N–H and O–H groups in total. The lowest BCUT2D eigenvalue weighted by Gasteiger charge is -2.24. The maximum atomic E-state index is 12.0. The van der Waals surface area contributed by atoms with Crippen LogP contribution in [0.1, 0.15) is 32.4 Å². The van der Waals surface area contributed by atoms with Crippen molar-refractivity contribution >= 4 is 29.3 Å². The van der Waals surface area contributed by atoms with Crippen LogP contribution in [0.5, 0.6) is 0 Å². The number of esters is 1. The van der Waals surface area contributed by atoms with E-state index in [1.807, 2.05) is 0 Å². The first-order valence-electron chi connectivity index (χ1n) is 6.56. The average molecular weight is 312 g/mol. The molecule has 0 aromatic heterocycles. The van der Waals surface area contributed by atoms with Crippen LogP contribution in [0.2, 0.25) is 5.02 Å². The lowest BCUT2D eigenvalue weighted by Crippen LogP contribution is -2.40. The summed E-state index contributed by atoms with van der Waals surface area (Å²) >= 11 is 5.83. The molecule has 6 heteroatoms. The number of halogens is 1. The quantitative estimate of drug-likeness (QED) is 0.646. The number of hydrogen-bond donors (Lipinski definition) is 1. The normalized spacial score (nSPS) is 13.1. The number of hydrogen-bond acceptors (Lipinski definition) is 4. The Hall–Kier alpha value is -1.88. The fourth-order valence-electron chi connectivity index (χ4n) is 2.02. The van der Waals surface area contributed by atoms with Crippen molar-refractivity contribution in [2.75, 3.05) is 6.61 Å². The van der Waals surface area contributed by atoms with Crippen molar-refractivity contribution < 1.29 is 19.1 Å². The highest BCUT2D eigenvalue weighted by molar-refractivity contribution is 6.30. The number of amides is 1. The zero-order valence-corrected chi connectivity index (χ0v) is 12.9. The van der Waals surface area contributed by atoms with Crippen LogP contribution in [0.3, 0.4) is 0 Å². The predicted octanol–water partition coefficient (Wildman–Crippen LogP) is 2.29. The standard InChI is InChI=1S/C15H18ClNO4/c1-4-21-15(20)13(9(2)18)14(17-10(3)19)11-5-7-12(16)8-6-11/h5-8,13-14H,4H2,1-3H3,(H,17,19)/t13-,14+/m1/s1. The molecule has 0 saturated heterocycles. The van der Waals surface area contributed by atoms with E-state index in [2.05, 4.69) is 5.32 Å². The summed E-state index contributed by atoms with van der Waals surface area (Å²) < 4.78 is 4.94. The van der Waals surface area contributed by atoms with Crippen LogP contribution in [0, 0.1) is 5.92 Å². The Labute approximate surface area is 128 Å². The Morgan fingerprint density at radius 3 is 2.19 bits per heavy atom. The summed E-state index contributed by atoms with van der Waals surface area (Å²) in [6.07, 6.45) is 0. The lowest BCUT2D eigenvalue weighted by molar-refractivity contribution is -0.152.